The fourth-order valence-corrected chi connectivity index (χ4v) is 1.67. The monoisotopic (exact) mass is 341 g/mol. The van der Waals surface area contributed by atoms with Crippen LogP contribution in [-0.2, 0) is 18.9 Å². The first-order chi connectivity index (χ1) is 11.6. The van der Waals surface area contributed by atoms with E-state index in [0.29, 0.717) is 25.6 Å². The molecule has 8 nitrogen and oxygen atoms in total. The van der Waals surface area contributed by atoms with Gasteiger partial charge in [0, 0.05) is 19.2 Å². The van der Waals surface area contributed by atoms with E-state index in [0.717, 1.165) is 0 Å². The number of aromatic nitrogens is 1. The molecule has 0 bridgehead atoms. The highest BCUT2D eigenvalue weighted by molar-refractivity contribution is 5.92. The molecule has 1 rings (SSSR count). The number of ether oxygens (including phenoxy) is 5. The summed E-state index contributed by atoms with van der Waals surface area (Å²) in [5.41, 5.74) is -0.0320. The molecule has 0 aliphatic heterocycles. The zero-order valence-corrected chi connectivity index (χ0v) is 14.2. The number of carbonyl (C=O) groups is 2. The van der Waals surface area contributed by atoms with E-state index >= 15 is 0 Å². The van der Waals surface area contributed by atoms with Crippen LogP contribution in [0.2, 0.25) is 0 Å². The molecule has 1 heterocycles. The van der Waals surface area contributed by atoms with Gasteiger partial charge in [0.25, 0.3) is 0 Å². The van der Waals surface area contributed by atoms with Crippen LogP contribution in [0.4, 0.5) is 0 Å². The summed E-state index contributed by atoms with van der Waals surface area (Å²) >= 11 is 0. The highest BCUT2D eigenvalue weighted by atomic mass is 16.5. The van der Waals surface area contributed by atoms with Crippen molar-refractivity contribution in [2.75, 3.05) is 46.8 Å². The van der Waals surface area contributed by atoms with Crippen molar-refractivity contribution < 1.29 is 33.3 Å². The Balaban J connectivity index is 2.77. The van der Waals surface area contributed by atoms with Crippen LogP contribution in [-0.4, -0.2) is 63.7 Å². The summed E-state index contributed by atoms with van der Waals surface area (Å²) < 4.78 is 25.4. The molecule has 1 aromatic heterocycles. The van der Waals surface area contributed by atoms with Crippen LogP contribution in [0.5, 0.6) is 5.75 Å². The van der Waals surface area contributed by atoms with Crippen molar-refractivity contribution in [2.24, 2.45) is 0 Å². The van der Waals surface area contributed by atoms with Gasteiger partial charge in [-0.05, 0) is 13.8 Å². The fourth-order valence-electron chi connectivity index (χ4n) is 1.67. The van der Waals surface area contributed by atoms with Gasteiger partial charge >= 0.3 is 11.9 Å². The van der Waals surface area contributed by atoms with Gasteiger partial charge in [-0.1, -0.05) is 0 Å². The van der Waals surface area contributed by atoms with Crippen LogP contribution in [0.1, 0.15) is 34.8 Å². The van der Waals surface area contributed by atoms with Gasteiger partial charge < -0.3 is 23.7 Å². The van der Waals surface area contributed by atoms with E-state index in [4.69, 9.17) is 23.7 Å². The lowest BCUT2D eigenvalue weighted by atomic mass is 10.2. The van der Waals surface area contributed by atoms with E-state index in [2.05, 4.69) is 4.98 Å². The maximum atomic E-state index is 11.8. The standard InChI is InChI=1S/C16H23NO7/c1-4-22-15(18)13-10-12(24-9-8-21-7-6-20-3)11-14(17-13)16(19)23-5-2/h10-11H,4-9H2,1-3H3. The third-order valence-electron chi connectivity index (χ3n) is 2.70. The topological polar surface area (TPSA) is 93.2 Å². The predicted molar refractivity (Wildman–Crippen MR) is 84.3 cm³/mol. The van der Waals surface area contributed by atoms with Crippen LogP contribution in [0, 0.1) is 0 Å². The van der Waals surface area contributed by atoms with Crippen molar-refractivity contribution in [1.29, 1.82) is 0 Å². The summed E-state index contributed by atoms with van der Waals surface area (Å²) in [5.74, 6) is -0.957. The number of methoxy groups -OCH3 is 1. The molecule has 0 saturated carbocycles. The number of nitrogens with zero attached hydrogens (tertiary/aromatic N) is 1. The molecule has 0 radical (unpaired) electrons. The summed E-state index contributed by atoms with van der Waals surface area (Å²) in [5, 5.41) is 0. The molecular formula is C16H23NO7. The van der Waals surface area contributed by atoms with Gasteiger partial charge in [0.05, 0.1) is 33.0 Å². The molecule has 0 amide bonds. The number of pyridine rings is 1. The Hall–Kier alpha value is -2.19. The molecule has 1 aromatic rings. The molecule has 0 fully saturated rings. The Morgan fingerprint density at radius 3 is 1.96 bits per heavy atom. The van der Waals surface area contributed by atoms with Crippen molar-refractivity contribution in [3.63, 3.8) is 0 Å². The van der Waals surface area contributed by atoms with Crippen molar-refractivity contribution in [2.45, 2.75) is 13.8 Å². The first kappa shape index (κ1) is 19.9. The Kier molecular flexibility index (Phi) is 9.40. The smallest absolute Gasteiger partial charge is 0.357 e. The molecule has 24 heavy (non-hydrogen) atoms. The lowest BCUT2D eigenvalue weighted by Gasteiger charge is -2.10. The zero-order chi connectivity index (χ0) is 17.8. The number of carbonyl (C=O) groups excluding carboxylic acids is 2. The molecular weight excluding hydrogens is 318 g/mol. The lowest BCUT2D eigenvalue weighted by molar-refractivity contribution is 0.0503. The summed E-state index contributed by atoms with van der Waals surface area (Å²) in [6.45, 7) is 5.31. The molecule has 0 N–H and O–H groups in total. The van der Waals surface area contributed by atoms with Gasteiger partial charge in [0.2, 0.25) is 0 Å². The van der Waals surface area contributed by atoms with Crippen LogP contribution in [0.25, 0.3) is 0 Å². The Morgan fingerprint density at radius 1 is 0.917 bits per heavy atom. The Bertz CT molecular complexity index is 497. The number of hydrogen-bond acceptors (Lipinski definition) is 8. The predicted octanol–water partition coefficient (Wildman–Crippen LogP) is 1.48. The van der Waals surface area contributed by atoms with Gasteiger partial charge in [-0.3, -0.25) is 0 Å². The number of hydrogen-bond donors (Lipinski definition) is 0. The van der Waals surface area contributed by atoms with E-state index in [1.165, 1.54) is 12.1 Å². The molecule has 0 aromatic carbocycles. The lowest BCUT2D eigenvalue weighted by Crippen LogP contribution is -2.15. The molecule has 0 aliphatic rings. The summed E-state index contributed by atoms with van der Waals surface area (Å²) in [6.07, 6.45) is 0. The SMILES string of the molecule is CCOC(=O)c1cc(OCCOCCOC)cc(C(=O)OCC)n1. The van der Waals surface area contributed by atoms with Crippen molar-refractivity contribution in [3.05, 3.63) is 23.5 Å². The quantitative estimate of drug-likeness (QED) is 0.441. The average Bonchev–Trinajstić information content (AvgIpc) is 2.58. The molecule has 134 valence electrons. The maximum absolute atomic E-state index is 11.8. The summed E-state index contributed by atoms with van der Waals surface area (Å²) in [7, 11) is 1.59. The minimum absolute atomic E-state index is 0.0160. The van der Waals surface area contributed by atoms with E-state index in [9.17, 15) is 9.59 Å². The second-order valence-electron chi connectivity index (χ2n) is 4.47. The minimum Gasteiger partial charge on any atom is -0.491 e. The molecule has 0 spiro atoms. The largest absolute Gasteiger partial charge is 0.491 e. The van der Waals surface area contributed by atoms with Gasteiger partial charge in [-0.15, -0.1) is 0 Å². The van der Waals surface area contributed by atoms with Crippen molar-refractivity contribution in [1.82, 2.24) is 4.98 Å². The first-order valence-electron chi connectivity index (χ1n) is 7.68. The fraction of sp³-hybridized carbons (Fsp3) is 0.562. The molecule has 0 unspecified atom stereocenters. The molecule has 0 saturated heterocycles. The van der Waals surface area contributed by atoms with Gasteiger partial charge in [-0.25, -0.2) is 14.6 Å². The summed E-state index contributed by atoms with van der Waals surface area (Å²) in [4.78, 5) is 27.7. The van der Waals surface area contributed by atoms with Crippen LogP contribution >= 0.6 is 0 Å². The number of rotatable bonds is 11. The van der Waals surface area contributed by atoms with E-state index < -0.39 is 11.9 Å². The second kappa shape index (κ2) is 11.4. The normalized spacial score (nSPS) is 10.3. The molecule has 8 heteroatoms. The third kappa shape index (κ3) is 6.93. The van der Waals surface area contributed by atoms with E-state index in [1.54, 1.807) is 21.0 Å². The first-order valence-corrected chi connectivity index (χ1v) is 7.68. The van der Waals surface area contributed by atoms with Crippen LogP contribution in [0.3, 0.4) is 0 Å². The number of esters is 2. The van der Waals surface area contributed by atoms with E-state index in [1.807, 2.05) is 0 Å². The zero-order valence-electron chi connectivity index (χ0n) is 14.2. The van der Waals surface area contributed by atoms with Crippen LogP contribution in [0.15, 0.2) is 12.1 Å². The van der Waals surface area contributed by atoms with Crippen molar-refractivity contribution in [3.8, 4) is 5.75 Å². The summed E-state index contributed by atoms with van der Waals surface area (Å²) in [6, 6.07) is 2.83. The van der Waals surface area contributed by atoms with Gasteiger partial charge in [0.1, 0.15) is 12.4 Å². The maximum Gasteiger partial charge on any atom is 0.357 e. The second-order valence-corrected chi connectivity index (χ2v) is 4.47. The van der Waals surface area contributed by atoms with Gasteiger partial charge in [-0.2, -0.15) is 0 Å². The van der Waals surface area contributed by atoms with Gasteiger partial charge in [0.15, 0.2) is 11.4 Å². The minimum atomic E-state index is -0.634. The third-order valence-corrected chi connectivity index (χ3v) is 2.70. The Labute approximate surface area is 141 Å². The highest BCUT2D eigenvalue weighted by Crippen LogP contribution is 2.16. The van der Waals surface area contributed by atoms with Crippen LogP contribution < -0.4 is 4.74 Å². The molecule has 0 atom stereocenters. The highest BCUT2D eigenvalue weighted by Gasteiger charge is 2.17. The van der Waals surface area contributed by atoms with E-state index in [-0.39, 0.29) is 31.2 Å². The molecule has 0 aliphatic carbocycles. The van der Waals surface area contributed by atoms with Crippen molar-refractivity contribution >= 4 is 11.9 Å². The Morgan fingerprint density at radius 2 is 1.46 bits per heavy atom. The average molecular weight is 341 g/mol.